The number of nitrogens with zero attached hydrogens (tertiary/aromatic N) is 2. The zero-order valence-electron chi connectivity index (χ0n) is 14.3. The van der Waals surface area contributed by atoms with E-state index in [-0.39, 0.29) is 18.1 Å². The lowest BCUT2D eigenvalue weighted by Gasteiger charge is -2.22. The molecule has 1 N–H and O–H groups in total. The normalized spacial score (nSPS) is 15.6. The molecule has 1 fully saturated rings. The van der Waals surface area contributed by atoms with Crippen LogP contribution in [0.4, 0.5) is 10.5 Å². The van der Waals surface area contributed by atoms with Gasteiger partial charge in [0.05, 0.1) is 7.11 Å². The third-order valence-electron chi connectivity index (χ3n) is 3.92. The first-order chi connectivity index (χ1) is 11.5. The molecule has 1 aromatic rings. The lowest BCUT2D eigenvalue weighted by Crippen LogP contribution is -2.30. The van der Waals surface area contributed by atoms with Crippen LogP contribution in [0.25, 0.3) is 6.08 Å². The summed E-state index contributed by atoms with van der Waals surface area (Å²) in [7, 11) is 1.59. The second-order valence-electron chi connectivity index (χ2n) is 5.29. The fraction of sp³-hybridized carbons (Fsp3) is 0.333. The molecule has 128 valence electrons. The quantitative estimate of drug-likeness (QED) is 0.474. The summed E-state index contributed by atoms with van der Waals surface area (Å²) in [6, 6.07) is 5.35. The average molecular weight is 329 g/mol. The molecule has 2 rings (SSSR count). The van der Waals surface area contributed by atoms with Gasteiger partial charge in [0, 0.05) is 37.0 Å². The molecule has 6 heteroatoms. The maximum atomic E-state index is 12.3. The molecule has 3 amide bonds. The molecule has 0 saturated carbocycles. The Bertz CT molecular complexity index is 678. The number of carbonyl (C=O) groups is 2. The molecular weight excluding hydrogens is 306 g/mol. The van der Waals surface area contributed by atoms with Gasteiger partial charge in [0.2, 0.25) is 0 Å². The Morgan fingerprint density at radius 3 is 2.58 bits per heavy atom. The van der Waals surface area contributed by atoms with Crippen LogP contribution in [0, 0.1) is 0 Å². The van der Waals surface area contributed by atoms with Crippen molar-refractivity contribution in [2.24, 2.45) is 0 Å². The number of anilines is 1. The van der Waals surface area contributed by atoms with E-state index in [0.29, 0.717) is 5.75 Å². The van der Waals surface area contributed by atoms with Gasteiger partial charge >= 0.3 is 6.03 Å². The molecule has 0 atom stereocenters. The van der Waals surface area contributed by atoms with Gasteiger partial charge < -0.3 is 15.0 Å². The van der Waals surface area contributed by atoms with Gasteiger partial charge in [-0.1, -0.05) is 6.08 Å². The molecule has 0 bridgehead atoms. The molecule has 0 aromatic heterocycles. The monoisotopic (exact) mass is 329 g/mol. The van der Waals surface area contributed by atoms with Gasteiger partial charge in [0.25, 0.3) is 5.91 Å². The largest absolute Gasteiger partial charge is 0.496 e. The fourth-order valence-electron chi connectivity index (χ4n) is 2.63. The Morgan fingerprint density at radius 2 is 2.00 bits per heavy atom. The number of hydrogen-bond donors (Lipinski definition) is 1. The Hall–Kier alpha value is -2.76. The van der Waals surface area contributed by atoms with Gasteiger partial charge in [-0.25, -0.2) is 4.79 Å². The van der Waals surface area contributed by atoms with Crippen LogP contribution in [0.15, 0.2) is 36.6 Å². The summed E-state index contributed by atoms with van der Waals surface area (Å²) < 4.78 is 5.45. The molecule has 1 aromatic carbocycles. The first kappa shape index (κ1) is 17.6. The first-order valence-corrected chi connectivity index (χ1v) is 7.94. The first-order valence-electron chi connectivity index (χ1n) is 7.94. The number of rotatable bonds is 7. The van der Waals surface area contributed by atoms with E-state index in [9.17, 15) is 9.59 Å². The molecule has 24 heavy (non-hydrogen) atoms. The number of benzene rings is 1. The maximum Gasteiger partial charge on any atom is 0.329 e. The highest BCUT2D eigenvalue weighted by Gasteiger charge is 2.32. The second kappa shape index (κ2) is 7.68. The minimum Gasteiger partial charge on any atom is -0.496 e. The van der Waals surface area contributed by atoms with Gasteiger partial charge in [0.15, 0.2) is 0 Å². The lowest BCUT2D eigenvalue weighted by atomic mass is 10.1. The number of methoxy groups -OCH3 is 1. The van der Waals surface area contributed by atoms with Gasteiger partial charge in [-0.3, -0.25) is 9.69 Å². The molecule has 0 aliphatic carbocycles. The van der Waals surface area contributed by atoms with Crippen LogP contribution >= 0.6 is 0 Å². The van der Waals surface area contributed by atoms with Crippen molar-refractivity contribution in [2.75, 3.05) is 31.6 Å². The van der Waals surface area contributed by atoms with E-state index in [4.69, 9.17) is 4.74 Å². The third kappa shape index (κ3) is 3.42. The van der Waals surface area contributed by atoms with Crippen molar-refractivity contribution in [1.82, 2.24) is 10.2 Å². The minimum absolute atomic E-state index is 0.181. The van der Waals surface area contributed by atoms with Crippen molar-refractivity contribution in [3.63, 3.8) is 0 Å². The van der Waals surface area contributed by atoms with E-state index in [1.807, 2.05) is 18.2 Å². The van der Waals surface area contributed by atoms with Gasteiger partial charge in [-0.15, -0.1) is 6.58 Å². The number of hydrogen-bond acceptors (Lipinski definition) is 4. The molecule has 1 heterocycles. The Balaban J connectivity index is 2.34. The molecule has 1 saturated heterocycles. The van der Waals surface area contributed by atoms with Gasteiger partial charge in [0.1, 0.15) is 11.4 Å². The Labute approximate surface area is 142 Å². The summed E-state index contributed by atoms with van der Waals surface area (Å²) in [5.41, 5.74) is 2.02. The van der Waals surface area contributed by atoms with Crippen LogP contribution in [0.3, 0.4) is 0 Å². The molecule has 6 nitrogen and oxygen atoms in total. The van der Waals surface area contributed by atoms with Gasteiger partial charge in [-0.05, 0) is 32.1 Å². The fourth-order valence-corrected chi connectivity index (χ4v) is 2.63. The van der Waals surface area contributed by atoms with Crippen LogP contribution in [-0.2, 0) is 4.79 Å². The molecule has 0 spiro atoms. The van der Waals surface area contributed by atoms with Crippen LogP contribution < -0.4 is 15.0 Å². The Morgan fingerprint density at radius 1 is 1.29 bits per heavy atom. The number of ether oxygens (including phenoxy) is 1. The van der Waals surface area contributed by atoms with Gasteiger partial charge in [-0.2, -0.15) is 0 Å². The zero-order valence-corrected chi connectivity index (χ0v) is 14.3. The lowest BCUT2D eigenvalue weighted by molar-refractivity contribution is -0.122. The second-order valence-corrected chi connectivity index (χ2v) is 5.29. The van der Waals surface area contributed by atoms with Crippen molar-refractivity contribution < 1.29 is 14.3 Å². The highest BCUT2D eigenvalue weighted by Crippen LogP contribution is 2.28. The highest BCUT2D eigenvalue weighted by atomic mass is 16.5. The minimum atomic E-state index is -0.440. The van der Waals surface area contributed by atoms with E-state index in [2.05, 4.69) is 30.6 Å². The summed E-state index contributed by atoms with van der Waals surface area (Å²) in [5, 5.41) is 2.58. The Kier molecular flexibility index (Phi) is 5.63. The summed E-state index contributed by atoms with van der Waals surface area (Å²) in [6.07, 6.45) is 3.15. The smallest absolute Gasteiger partial charge is 0.329 e. The topological polar surface area (TPSA) is 61.9 Å². The van der Waals surface area contributed by atoms with E-state index in [1.54, 1.807) is 13.2 Å². The molecule has 0 unspecified atom stereocenters. The zero-order chi connectivity index (χ0) is 17.7. The summed E-state index contributed by atoms with van der Waals surface area (Å²) in [6.45, 7) is 9.70. The third-order valence-corrected chi connectivity index (χ3v) is 3.92. The van der Waals surface area contributed by atoms with E-state index in [1.165, 1.54) is 6.08 Å². The molecular formula is C18H23N3O3. The number of nitrogens with one attached hydrogen (secondary N) is 1. The van der Waals surface area contributed by atoms with E-state index >= 15 is 0 Å². The van der Waals surface area contributed by atoms with Crippen molar-refractivity contribution >= 4 is 23.7 Å². The number of amides is 3. The SMILES string of the molecule is C=CCN1C(=O)N/C(=C/c2ccc(N(CC)CC)cc2OC)C1=O. The number of urea groups is 1. The van der Waals surface area contributed by atoms with E-state index < -0.39 is 6.03 Å². The van der Waals surface area contributed by atoms with Crippen LogP contribution in [-0.4, -0.2) is 43.6 Å². The molecule has 0 radical (unpaired) electrons. The summed E-state index contributed by atoms with van der Waals surface area (Å²) in [5.74, 6) is 0.283. The predicted octanol–water partition coefficient (Wildman–Crippen LogP) is 2.62. The van der Waals surface area contributed by atoms with E-state index in [0.717, 1.165) is 29.2 Å². The van der Waals surface area contributed by atoms with Crippen molar-refractivity contribution in [3.8, 4) is 5.75 Å². The van der Waals surface area contributed by atoms with Crippen LogP contribution in [0.5, 0.6) is 5.75 Å². The number of carbonyl (C=O) groups excluding carboxylic acids is 2. The molecule has 1 aliphatic rings. The van der Waals surface area contributed by atoms with Crippen molar-refractivity contribution in [2.45, 2.75) is 13.8 Å². The predicted molar refractivity (Wildman–Crippen MR) is 95.0 cm³/mol. The number of imide groups is 1. The van der Waals surface area contributed by atoms with Crippen molar-refractivity contribution in [3.05, 3.63) is 42.1 Å². The van der Waals surface area contributed by atoms with Crippen LogP contribution in [0.2, 0.25) is 0 Å². The maximum absolute atomic E-state index is 12.3. The van der Waals surface area contributed by atoms with Crippen LogP contribution in [0.1, 0.15) is 19.4 Å². The standard InChI is InChI=1S/C18H23N3O3/c1-5-10-21-17(22)15(19-18(21)23)11-13-8-9-14(12-16(13)24-4)20(6-2)7-3/h5,8-9,11-12H,1,6-7,10H2,2-4H3,(H,19,23)/b15-11+. The highest BCUT2D eigenvalue weighted by molar-refractivity contribution is 6.14. The molecule has 1 aliphatic heterocycles. The summed E-state index contributed by atoms with van der Waals surface area (Å²) in [4.78, 5) is 27.4. The average Bonchev–Trinajstić information content (AvgIpc) is 2.85. The summed E-state index contributed by atoms with van der Waals surface area (Å²) >= 11 is 0. The van der Waals surface area contributed by atoms with Crippen molar-refractivity contribution in [1.29, 1.82) is 0 Å².